The van der Waals surface area contributed by atoms with Gasteiger partial charge in [0.1, 0.15) is 0 Å². The maximum absolute atomic E-state index is 12.4. The Balaban J connectivity index is 4.47. The van der Waals surface area contributed by atoms with Crippen LogP contribution in [-0.4, -0.2) is 5.92 Å². The SMILES string of the molecule is CC/C(C)=C(\N)C(C)(F)F. The van der Waals surface area contributed by atoms with Gasteiger partial charge in [-0.3, -0.25) is 0 Å². The van der Waals surface area contributed by atoms with Gasteiger partial charge in [-0.15, -0.1) is 0 Å². The van der Waals surface area contributed by atoms with Crippen LogP contribution in [-0.2, 0) is 0 Å². The summed E-state index contributed by atoms with van der Waals surface area (Å²) in [4.78, 5) is 0. The lowest BCUT2D eigenvalue weighted by Crippen LogP contribution is -2.22. The summed E-state index contributed by atoms with van der Waals surface area (Å²) in [6.45, 7) is 4.22. The second-order valence-electron chi connectivity index (χ2n) is 2.44. The van der Waals surface area contributed by atoms with Crippen LogP contribution in [0.4, 0.5) is 8.78 Å². The molecule has 0 saturated carbocycles. The van der Waals surface area contributed by atoms with Crippen LogP contribution in [0.15, 0.2) is 11.3 Å². The summed E-state index contributed by atoms with van der Waals surface area (Å²) in [5.41, 5.74) is 5.40. The normalized spacial score (nSPS) is 14.9. The smallest absolute Gasteiger partial charge is 0.284 e. The molecule has 0 fully saturated rings. The molecule has 10 heavy (non-hydrogen) atoms. The van der Waals surface area contributed by atoms with Crippen molar-refractivity contribution in [3.63, 3.8) is 0 Å². The van der Waals surface area contributed by atoms with Gasteiger partial charge in [-0.25, -0.2) is 8.78 Å². The molecular weight excluding hydrogens is 136 g/mol. The van der Waals surface area contributed by atoms with Crippen LogP contribution >= 0.6 is 0 Å². The Hall–Kier alpha value is -0.600. The lowest BCUT2D eigenvalue weighted by atomic mass is 10.1. The summed E-state index contributed by atoms with van der Waals surface area (Å²) in [6.07, 6.45) is 0.579. The molecule has 0 rings (SSSR count). The van der Waals surface area contributed by atoms with Crippen molar-refractivity contribution in [2.45, 2.75) is 33.1 Å². The van der Waals surface area contributed by atoms with Gasteiger partial charge in [0.25, 0.3) is 5.92 Å². The minimum absolute atomic E-state index is 0.296. The second kappa shape index (κ2) is 2.99. The van der Waals surface area contributed by atoms with Crippen molar-refractivity contribution in [2.24, 2.45) is 5.73 Å². The Labute approximate surface area is 59.9 Å². The molecule has 0 heterocycles. The number of nitrogens with two attached hydrogens (primary N) is 1. The van der Waals surface area contributed by atoms with E-state index in [2.05, 4.69) is 0 Å². The lowest BCUT2D eigenvalue weighted by Gasteiger charge is -2.12. The maximum atomic E-state index is 12.4. The standard InChI is InChI=1S/C7H13F2N/c1-4-5(2)6(10)7(3,8)9/h4,10H2,1-3H3/b6-5-. The third-order valence-corrected chi connectivity index (χ3v) is 1.46. The number of hydrogen-bond acceptors (Lipinski definition) is 1. The summed E-state index contributed by atoms with van der Waals surface area (Å²) in [6, 6.07) is 0. The van der Waals surface area contributed by atoms with Crippen molar-refractivity contribution in [1.82, 2.24) is 0 Å². The number of alkyl halides is 2. The quantitative estimate of drug-likeness (QED) is 0.640. The molecule has 0 spiro atoms. The molecule has 0 atom stereocenters. The summed E-state index contributed by atoms with van der Waals surface area (Å²) in [5, 5.41) is 0. The van der Waals surface area contributed by atoms with Crippen molar-refractivity contribution in [3.8, 4) is 0 Å². The van der Waals surface area contributed by atoms with Gasteiger partial charge >= 0.3 is 0 Å². The fourth-order valence-corrected chi connectivity index (χ4v) is 0.565. The van der Waals surface area contributed by atoms with Crippen molar-refractivity contribution < 1.29 is 8.78 Å². The van der Waals surface area contributed by atoms with Crippen molar-refractivity contribution in [2.75, 3.05) is 0 Å². The summed E-state index contributed by atoms with van der Waals surface area (Å²) < 4.78 is 24.7. The molecule has 0 saturated heterocycles. The second-order valence-corrected chi connectivity index (χ2v) is 2.44. The first-order valence-corrected chi connectivity index (χ1v) is 3.23. The van der Waals surface area contributed by atoms with Crippen molar-refractivity contribution in [3.05, 3.63) is 11.3 Å². The van der Waals surface area contributed by atoms with Gasteiger partial charge in [0.05, 0.1) is 5.70 Å². The van der Waals surface area contributed by atoms with Gasteiger partial charge < -0.3 is 5.73 Å². The number of hydrogen-bond donors (Lipinski definition) is 1. The molecule has 1 nitrogen and oxygen atoms in total. The summed E-state index contributed by atoms with van der Waals surface area (Å²) >= 11 is 0. The van der Waals surface area contributed by atoms with Gasteiger partial charge in [0.2, 0.25) is 0 Å². The third kappa shape index (κ3) is 2.33. The van der Waals surface area contributed by atoms with Crippen LogP contribution in [0.25, 0.3) is 0 Å². The van der Waals surface area contributed by atoms with Crippen LogP contribution in [0.3, 0.4) is 0 Å². The average molecular weight is 149 g/mol. The highest BCUT2D eigenvalue weighted by Crippen LogP contribution is 2.22. The molecule has 0 aliphatic heterocycles. The molecule has 0 unspecified atom stereocenters. The maximum Gasteiger partial charge on any atom is 0.284 e. The fourth-order valence-electron chi connectivity index (χ4n) is 0.565. The number of halogens is 2. The molecule has 0 radical (unpaired) electrons. The first-order valence-electron chi connectivity index (χ1n) is 3.23. The van der Waals surface area contributed by atoms with E-state index in [0.29, 0.717) is 12.0 Å². The lowest BCUT2D eigenvalue weighted by molar-refractivity contribution is 0.0603. The van der Waals surface area contributed by atoms with Crippen LogP contribution in [0.5, 0.6) is 0 Å². The highest BCUT2D eigenvalue weighted by Gasteiger charge is 2.25. The van der Waals surface area contributed by atoms with E-state index in [0.717, 1.165) is 6.92 Å². The zero-order valence-electron chi connectivity index (χ0n) is 6.54. The highest BCUT2D eigenvalue weighted by atomic mass is 19.3. The predicted molar refractivity (Wildman–Crippen MR) is 37.8 cm³/mol. The van der Waals surface area contributed by atoms with Gasteiger partial charge in [0.15, 0.2) is 0 Å². The van der Waals surface area contributed by atoms with Crippen LogP contribution in [0.2, 0.25) is 0 Å². The first kappa shape index (κ1) is 9.40. The van der Waals surface area contributed by atoms with E-state index in [1.165, 1.54) is 0 Å². The molecule has 0 aromatic heterocycles. The average Bonchev–Trinajstić information content (AvgIpc) is 1.83. The molecule has 3 heteroatoms. The molecule has 0 amide bonds. The fraction of sp³-hybridized carbons (Fsp3) is 0.714. The largest absolute Gasteiger partial charge is 0.397 e. The molecule has 2 N–H and O–H groups in total. The van der Waals surface area contributed by atoms with E-state index < -0.39 is 5.92 Å². The van der Waals surface area contributed by atoms with Crippen molar-refractivity contribution in [1.29, 1.82) is 0 Å². The molecule has 0 bridgehead atoms. The Bertz CT molecular complexity index is 144. The van der Waals surface area contributed by atoms with Crippen LogP contribution in [0, 0.1) is 0 Å². The number of allylic oxidation sites excluding steroid dienone is 2. The van der Waals surface area contributed by atoms with E-state index in [9.17, 15) is 8.78 Å². The van der Waals surface area contributed by atoms with E-state index in [4.69, 9.17) is 5.73 Å². The number of rotatable bonds is 2. The topological polar surface area (TPSA) is 26.0 Å². The molecule has 60 valence electrons. The minimum Gasteiger partial charge on any atom is -0.397 e. The third-order valence-electron chi connectivity index (χ3n) is 1.46. The zero-order chi connectivity index (χ0) is 8.36. The Morgan fingerprint density at radius 2 is 1.90 bits per heavy atom. The van der Waals surface area contributed by atoms with Crippen LogP contribution in [0.1, 0.15) is 27.2 Å². The summed E-state index contributed by atoms with van der Waals surface area (Å²) in [7, 11) is 0. The molecule has 0 aromatic rings. The first-order chi connectivity index (χ1) is 4.39. The van der Waals surface area contributed by atoms with Crippen LogP contribution < -0.4 is 5.73 Å². The van der Waals surface area contributed by atoms with E-state index in [1.54, 1.807) is 13.8 Å². The Morgan fingerprint density at radius 1 is 1.50 bits per heavy atom. The van der Waals surface area contributed by atoms with E-state index in [1.807, 2.05) is 0 Å². The monoisotopic (exact) mass is 149 g/mol. The van der Waals surface area contributed by atoms with Gasteiger partial charge in [-0.1, -0.05) is 6.92 Å². The van der Waals surface area contributed by atoms with Gasteiger partial charge in [0, 0.05) is 6.92 Å². The molecular formula is C7H13F2N. The van der Waals surface area contributed by atoms with Crippen molar-refractivity contribution >= 4 is 0 Å². The van der Waals surface area contributed by atoms with E-state index >= 15 is 0 Å². The minimum atomic E-state index is -2.86. The highest BCUT2D eigenvalue weighted by molar-refractivity contribution is 5.14. The summed E-state index contributed by atoms with van der Waals surface area (Å²) in [5.74, 6) is -2.86. The Kier molecular flexibility index (Phi) is 2.81. The predicted octanol–water partition coefficient (Wildman–Crippen LogP) is 2.28. The van der Waals surface area contributed by atoms with Gasteiger partial charge in [-0.2, -0.15) is 0 Å². The molecule has 0 aliphatic rings. The van der Waals surface area contributed by atoms with Gasteiger partial charge in [-0.05, 0) is 18.9 Å². The van der Waals surface area contributed by atoms with E-state index in [-0.39, 0.29) is 5.70 Å². The zero-order valence-corrected chi connectivity index (χ0v) is 6.54. The molecule has 0 aliphatic carbocycles. The molecule has 0 aromatic carbocycles. The Morgan fingerprint density at radius 3 is 2.00 bits per heavy atom.